The van der Waals surface area contributed by atoms with Gasteiger partial charge in [0.25, 0.3) is 5.91 Å². The van der Waals surface area contributed by atoms with Gasteiger partial charge in [-0.05, 0) is 57.5 Å². The van der Waals surface area contributed by atoms with Gasteiger partial charge in [-0.1, -0.05) is 24.3 Å². The number of carbonyl (C=O) groups is 1. The summed E-state index contributed by atoms with van der Waals surface area (Å²) in [4.78, 5) is 16.6. The van der Waals surface area contributed by atoms with Gasteiger partial charge in [0.15, 0.2) is 0 Å². The number of aryl methyl sites for hydroxylation is 2. The van der Waals surface area contributed by atoms with Crippen LogP contribution in [0.25, 0.3) is 0 Å². The molecule has 0 atom stereocenters. The zero-order chi connectivity index (χ0) is 17.0. The Morgan fingerprint density at radius 1 is 1.22 bits per heavy atom. The van der Waals surface area contributed by atoms with Gasteiger partial charge in [0.1, 0.15) is 0 Å². The topological polar surface area (TPSA) is 32.3 Å². The smallest absolute Gasteiger partial charge is 0.261 e. The first kappa shape index (κ1) is 17.7. The van der Waals surface area contributed by atoms with E-state index in [1.807, 2.05) is 26.0 Å². The first-order valence-electron chi connectivity index (χ1n) is 8.00. The molecule has 0 saturated carbocycles. The molecule has 1 N–H and O–H groups in total. The predicted molar refractivity (Wildman–Crippen MR) is 98.0 cm³/mol. The minimum Gasteiger partial charge on any atom is -0.347 e. The highest BCUT2D eigenvalue weighted by Crippen LogP contribution is 2.20. The molecule has 2 aromatic rings. The molecule has 1 aromatic heterocycles. The van der Waals surface area contributed by atoms with E-state index in [2.05, 4.69) is 49.3 Å². The Bertz CT molecular complexity index is 656. The fraction of sp³-hybridized carbons (Fsp3) is 0.421. The Morgan fingerprint density at radius 3 is 2.43 bits per heavy atom. The van der Waals surface area contributed by atoms with Crippen LogP contribution in [0.5, 0.6) is 0 Å². The third-order valence-corrected chi connectivity index (χ3v) is 5.40. The van der Waals surface area contributed by atoms with Gasteiger partial charge in [-0.25, -0.2) is 0 Å². The van der Waals surface area contributed by atoms with Gasteiger partial charge in [0, 0.05) is 24.0 Å². The highest BCUT2D eigenvalue weighted by Gasteiger charge is 2.12. The Labute approximate surface area is 143 Å². The van der Waals surface area contributed by atoms with Crippen molar-refractivity contribution in [3.63, 3.8) is 0 Å². The number of hydrogen-bond acceptors (Lipinski definition) is 3. The third-order valence-electron chi connectivity index (χ3n) is 4.25. The third kappa shape index (κ3) is 4.66. The number of carbonyl (C=O) groups excluding carboxylic acids is 1. The van der Waals surface area contributed by atoms with Crippen LogP contribution in [0.3, 0.4) is 0 Å². The molecule has 23 heavy (non-hydrogen) atoms. The molecule has 1 aromatic carbocycles. The van der Waals surface area contributed by atoms with Gasteiger partial charge in [-0.15, -0.1) is 11.3 Å². The van der Waals surface area contributed by atoms with Gasteiger partial charge < -0.3 is 5.32 Å². The van der Waals surface area contributed by atoms with E-state index in [0.29, 0.717) is 12.6 Å². The predicted octanol–water partition coefficient (Wildman–Crippen LogP) is 4.14. The van der Waals surface area contributed by atoms with Crippen LogP contribution >= 0.6 is 11.3 Å². The number of hydrogen-bond donors (Lipinski definition) is 1. The van der Waals surface area contributed by atoms with Gasteiger partial charge >= 0.3 is 0 Å². The van der Waals surface area contributed by atoms with Crippen LogP contribution in [-0.2, 0) is 13.1 Å². The number of nitrogens with one attached hydrogen (secondary N) is 1. The van der Waals surface area contributed by atoms with Gasteiger partial charge in [-0.3, -0.25) is 9.69 Å². The zero-order valence-corrected chi connectivity index (χ0v) is 15.5. The molecule has 0 aliphatic heterocycles. The van der Waals surface area contributed by atoms with Crippen LogP contribution in [0.15, 0.2) is 30.3 Å². The maximum absolute atomic E-state index is 12.3. The van der Waals surface area contributed by atoms with E-state index >= 15 is 0 Å². The molecule has 0 radical (unpaired) electrons. The molecule has 0 bridgehead atoms. The van der Waals surface area contributed by atoms with Crippen molar-refractivity contribution < 1.29 is 4.79 Å². The first-order valence-corrected chi connectivity index (χ1v) is 8.82. The van der Waals surface area contributed by atoms with Crippen molar-refractivity contribution in [1.29, 1.82) is 0 Å². The quantitative estimate of drug-likeness (QED) is 0.863. The maximum atomic E-state index is 12.3. The Morgan fingerprint density at radius 2 is 1.87 bits per heavy atom. The summed E-state index contributed by atoms with van der Waals surface area (Å²) in [5, 5.41) is 3.05. The summed E-state index contributed by atoms with van der Waals surface area (Å²) in [5.41, 5.74) is 3.62. The first-order chi connectivity index (χ1) is 10.9. The summed E-state index contributed by atoms with van der Waals surface area (Å²) in [7, 11) is 2.12. The van der Waals surface area contributed by atoms with Crippen molar-refractivity contribution >= 4 is 17.2 Å². The van der Waals surface area contributed by atoms with Gasteiger partial charge in [-0.2, -0.15) is 0 Å². The summed E-state index contributed by atoms with van der Waals surface area (Å²) < 4.78 is 0. The highest BCUT2D eigenvalue weighted by molar-refractivity contribution is 7.14. The van der Waals surface area contributed by atoms with Crippen LogP contribution in [-0.4, -0.2) is 23.9 Å². The molecule has 0 spiro atoms. The normalized spacial score (nSPS) is 11.3. The summed E-state index contributed by atoms with van der Waals surface area (Å²) >= 11 is 1.56. The molecule has 0 fully saturated rings. The second kappa shape index (κ2) is 7.75. The lowest BCUT2D eigenvalue weighted by Gasteiger charge is -2.22. The SMILES string of the molecule is Cc1cc(C(=O)NCc2ccccc2CN(C)C(C)C)sc1C. The van der Waals surface area contributed by atoms with E-state index in [4.69, 9.17) is 0 Å². The molecule has 1 amide bonds. The molecule has 0 unspecified atom stereocenters. The molecule has 0 aliphatic carbocycles. The monoisotopic (exact) mass is 330 g/mol. The minimum atomic E-state index is 0.0122. The van der Waals surface area contributed by atoms with Crippen molar-refractivity contribution in [2.75, 3.05) is 7.05 Å². The fourth-order valence-corrected chi connectivity index (χ4v) is 3.23. The average molecular weight is 330 g/mol. The Kier molecular flexibility index (Phi) is 5.97. The Hall–Kier alpha value is -1.65. The highest BCUT2D eigenvalue weighted by atomic mass is 32.1. The van der Waals surface area contributed by atoms with Gasteiger partial charge in [0.05, 0.1) is 4.88 Å². The van der Waals surface area contributed by atoms with Crippen LogP contribution in [0, 0.1) is 13.8 Å². The second-order valence-corrected chi connectivity index (χ2v) is 7.57. The molecule has 124 valence electrons. The zero-order valence-electron chi connectivity index (χ0n) is 14.6. The van der Waals surface area contributed by atoms with E-state index in [9.17, 15) is 4.79 Å². The maximum Gasteiger partial charge on any atom is 0.261 e. The minimum absolute atomic E-state index is 0.0122. The largest absolute Gasteiger partial charge is 0.347 e. The lowest BCUT2D eigenvalue weighted by molar-refractivity contribution is 0.0954. The van der Waals surface area contributed by atoms with Crippen LogP contribution in [0.4, 0.5) is 0 Å². The van der Waals surface area contributed by atoms with E-state index in [1.54, 1.807) is 11.3 Å². The summed E-state index contributed by atoms with van der Waals surface area (Å²) in [6, 6.07) is 10.8. The van der Waals surface area contributed by atoms with E-state index in [1.165, 1.54) is 21.6 Å². The number of rotatable bonds is 6. The molecule has 1 heterocycles. The molecular weight excluding hydrogens is 304 g/mol. The van der Waals surface area contributed by atoms with E-state index in [0.717, 1.165) is 11.4 Å². The van der Waals surface area contributed by atoms with Crippen molar-refractivity contribution in [3.05, 3.63) is 56.8 Å². The van der Waals surface area contributed by atoms with Crippen molar-refractivity contribution in [3.8, 4) is 0 Å². The number of amides is 1. The lowest BCUT2D eigenvalue weighted by atomic mass is 10.1. The summed E-state index contributed by atoms with van der Waals surface area (Å²) in [5.74, 6) is 0.0122. The van der Waals surface area contributed by atoms with Crippen LogP contribution < -0.4 is 5.32 Å². The summed E-state index contributed by atoms with van der Waals surface area (Å²) in [6.45, 7) is 9.92. The standard InChI is InChI=1S/C19H26N2OS/c1-13(2)21(5)12-17-9-7-6-8-16(17)11-20-19(22)18-10-14(3)15(4)23-18/h6-10,13H,11-12H2,1-5H3,(H,20,22). The van der Waals surface area contributed by atoms with Crippen molar-refractivity contribution in [2.24, 2.45) is 0 Å². The second-order valence-electron chi connectivity index (χ2n) is 6.31. The number of nitrogens with zero attached hydrogens (tertiary/aromatic N) is 1. The fourth-order valence-electron chi connectivity index (χ4n) is 2.28. The van der Waals surface area contributed by atoms with Gasteiger partial charge in [0.2, 0.25) is 0 Å². The molecule has 3 nitrogen and oxygen atoms in total. The molecule has 4 heteroatoms. The molecule has 0 aliphatic rings. The molecule has 0 saturated heterocycles. The lowest BCUT2D eigenvalue weighted by Crippen LogP contribution is -2.27. The van der Waals surface area contributed by atoms with Crippen molar-refractivity contribution in [2.45, 2.75) is 46.8 Å². The van der Waals surface area contributed by atoms with Crippen LogP contribution in [0.1, 0.15) is 45.1 Å². The molecule has 2 rings (SSSR count). The number of thiophene rings is 1. The number of benzene rings is 1. The average Bonchev–Trinajstić information content (AvgIpc) is 2.85. The summed E-state index contributed by atoms with van der Waals surface area (Å²) in [6.07, 6.45) is 0. The Balaban J connectivity index is 2.04. The molecular formula is C19H26N2OS. The van der Waals surface area contributed by atoms with E-state index in [-0.39, 0.29) is 5.91 Å². The van der Waals surface area contributed by atoms with E-state index < -0.39 is 0 Å². The van der Waals surface area contributed by atoms with Crippen LogP contribution in [0.2, 0.25) is 0 Å². The van der Waals surface area contributed by atoms with Crippen molar-refractivity contribution in [1.82, 2.24) is 10.2 Å².